The van der Waals surface area contributed by atoms with Crippen molar-refractivity contribution in [1.29, 1.82) is 0 Å². The lowest BCUT2D eigenvalue weighted by molar-refractivity contribution is -0.185. The normalized spacial score (nSPS) is 26.2. The first-order valence-electron chi connectivity index (χ1n) is 9.98. The molecule has 0 spiro atoms. The molecule has 1 aromatic heterocycles. The van der Waals surface area contributed by atoms with Crippen molar-refractivity contribution in [1.82, 2.24) is 9.88 Å². The van der Waals surface area contributed by atoms with Crippen LogP contribution < -0.4 is 4.74 Å². The summed E-state index contributed by atoms with van der Waals surface area (Å²) >= 11 is 3.36. The van der Waals surface area contributed by atoms with E-state index in [-0.39, 0.29) is 18.3 Å². The Morgan fingerprint density at radius 2 is 1.61 bits per heavy atom. The highest BCUT2D eigenvalue weighted by Gasteiger charge is 2.41. The summed E-state index contributed by atoms with van der Waals surface area (Å²) in [6.45, 7) is 4.06. The van der Waals surface area contributed by atoms with Gasteiger partial charge in [-0.15, -0.1) is 0 Å². The Morgan fingerprint density at radius 3 is 2.18 bits per heavy atom. The van der Waals surface area contributed by atoms with Crippen LogP contribution in [0.25, 0.3) is 0 Å². The SMILES string of the molecule is Cc1nc(Br)ccc1OC1CCC(OC2CCN(C(C)C(F)(F)F)CC2)CC1. The van der Waals surface area contributed by atoms with E-state index in [9.17, 15) is 13.2 Å². The number of aryl methyl sites for hydroxylation is 1. The molecule has 1 atom stereocenters. The highest BCUT2D eigenvalue weighted by Crippen LogP contribution is 2.31. The first kappa shape index (κ1) is 21.8. The molecule has 28 heavy (non-hydrogen) atoms. The number of ether oxygens (including phenoxy) is 2. The minimum atomic E-state index is -4.16. The summed E-state index contributed by atoms with van der Waals surface area (Å²) in [4.78, 5) is 5.87. The topological polar surface area (TPSA) is 34.6 Å². The molecule has 8 heteroatoms. The molecule has 0 amide bonds. The molecule has 0 bridgehead atoms. The van der Waals surface area contributed by atoms with Gasteiger partial charge in [-0.25, -0.2) is 4.98 Å². The van der Waals surface area contributed by atoms with Crippen LogP contribution in [0.1, 0.15) is 51.1 Å². The average molecular weight is 465 g/mol. The number of halogens is 4. The van der Waals surface area contributed by atoms with Gasteiger partial charge >= 0.3 is 6.18 Å². The minimum absolute atomic E-state index is 0.0667. The summed E-state index contributed by atoms with van der Waals surface area (Å²) in [5, 5.41) is 0. The fourth-order valence-electron chi connectivity index (χ4n) is 3.99. The molecule has 1 aromatic rings. The lowest BCUT2D eigenvalue weighted by atomic mass is 9.94. The number of rotatable bonds is 5. The van der Waals surface area contributed by atoms with Gasteiger partial charge in [-0.2, -0.15) is 13.2 Å². The third-order valence-corrected chi connectivity index (χ3v) is 6.24. The van der Waals surface area contributed by atoms with Crippen molar-refractivity contribution in [2.75, 3.05) is 13.1 Å². The summed E-state index contributed by atoms with van der Waals surface area (Å²) in [6, 6.07) is 2.44. The van der Waals surface area contributed by atoms with Crippen molar-refractivity contribution < 1.29 is 22.6 Å². The summed E-state index contributed by atoms with van der Waals surface area (Å²) < 4.78 is 51.6. The Hall–Kier alpha value is -0.860. The molecule has 1 aliphatic heterocycles. The lowest BCUT2D eigenvalue weighted by Gasteiger charge is -2.38. The van der Waals surface area contributed by atoms with Gasteiger partial charge in [-0.3, -0.25) is 4.90 Å². The third-order valence-electron chi connectivity index (χ3n) is 5.80. The Kier molecular flexibility index (Phi) is 7.26. The highest BCUT2D eigenvalue weighted by atomic mass is 79.9. The minimum Gasteiger partial charge on any atom is -0.489 e. The number of nitrogens with zero attached hydrogens (tertiary/aromatic N) is 2. The van der Waals surface area contributed by atoms with E-state index in [0.717, 1.165) is 41.7 Å². The van der Waals surface area contributed by atoms with E-state index in [2.05, 4.69) is 20.9 Å². The molecule has 0 N–H and O–H groups in total. The van der Waals surface area contributed by atoms with Crippen LogP contribution in [-0.2, 0) is 4.74 Å². The zero-order valence-electron chi connectivity index (χ0n) is 16.3. The molecule has 2 aliphatic rings. The lowest BCUT2D eigenvalue weighted by Crippen LogP contribution is -2.49. The quantitative estimate of drug-likeness (QED) is 0.555. The smallest absolute Gasteiger partial charge is 0.403 e. The van der Waals surface area contributed by atoms with Crippen LogP contribution in [-0.4, -0.2) is 53.5 Å². The van der Waals surface area contributed by atoms with Crippen molar-refractivity contribution in [3.8, 4) is 5.75 Å². The molecule has 0 radical (unpaired) electrons. The van der Waals surface area contributed by atoms with Crippen LogP contribution in [0.2, 0.25) is 0 Å². The van der Waals surface area contributed by atoms with E-state index in [1.165, 1.54) is 11.8 Å². The number of hydrogen-bond acceptors (Lipinski definition) is 4. The van der Waals surface area contributed by atoms with Gasteiger partial charge < -0.3 is 9.47 Å². The molecule has 0 aromatic carbocycles. The third kappa shape index (κ3) is 5.83. The van der Waals surface area contributed by atoms with Crippen LogP contribution in [0.4, 0.5) is 13.2 Å². The van der Waals surface area contributed by atoms with Crippen molar-refractivity contribution in [3.63, 3.8) is 0 Å². The van der Waals surface area contributed by atoms with Crippen molar-refractivity contribution in [3.05, 3.63) is 22.4 Å². The maximum atomic E-state index is 12.9. The summed E-state index contributed by atoms with van der Waals surface area (Å²) in [5.74, 6) is 0.818. The second kappa shape index (κ2) is 9.30. The molecular weight excluding hydrogens is 437 g/mol. The van der Waals surface area contributed by atoms with Crippen molar-refractivity contribution in [2.24, 2.45) is 0 Å². The zero-order chi connectivity index (χ0) is 20.3. The predicted molar refractivity (Wildman–Crippen MR) is 105 cm³/mol. The molecule has 1 unspecified atom stereocenters. The van der Waals surface area contributed by atoms with Gasteiger partial charge in [0, 0.05) is 13.1 Å². The van der Waals surface area contributed by atoms with Gasteiger partial charge in [0.05, 0.1) is 24.0 Å². The van der Waals surface area contributed by atoms with E-state index < -0.39 is 12.2 Å². The second-order valence-corrected chi connectivity index (χ2v) is 8.64. The van der Waals surface area contributed by atoms with E-state index in [1.807, 2.05) is 19.1 Å². The van der Waals surface area contributed by atoms with Gasteiger partial charge in [-0.05, 0) is 80.4 Å². The van der Waals surface area contributed by atoms with E-state index in [1.54, 1.807) is 0 Å². The van der Waals surface area contributed by atoms with E-state index in [4.69, 9.17) is 9.47 Å². The second-order valence-electron chi connectivity index (χ2n) is 7.82. The molecule has 1 aliphatic carbocycles. The number of pyridine rings is 1. The molecular formula is C20H28BrF3N2O2. The number of likely N-dealkylation sites (tertiary alicyclic amines) is 1. The van der Waals surface area contributed by atoms with E-state index in [0.29, 0.717) is 25.9 Å². The van der Waals surface area contributed by atoms with Gasteiger partial charge in [0.2, 0.25) is 0 Å². The molecule has 2 fully saturated rings. The van der Waals surface area contributed by atoms with Gasteiger partial charge in [0.15, 0.2) is 0 Å². The molecule has 2 heterocycles. The fourth-order valence-corrected chi connectivity index (χ4v) is 4.38. The van der Waals surface area contributed by atoms with Crippen LogP contribution in [0.3, 0.4) is 0 Å². The summed E-state index contributed by atoms with van der Waals surface area (Å²) in [7, 11) is 0. The average Bonchev–Trinajstić information content (AvgIpc) is 2.65. The maximum Gasteiger partial charge on any atom is 0.403 e. The first-order chi connectivity index (χ1) is 13.2. The molecule has 158 valence electrons. The Balaban J connectivity index is 1.39. The highest BCUT2D eigenvalue weighted by molar-refractivity contribution is 9.10. The number of piperidine rings is 1. The van der Waals surface area contributed by atoms with Gasteiger partial charge in [0.1, 0.15) is 16.4 Å². The maximum absolute atomic E-state index is 12.9. The van der Waals surface area contributed by atoms with E-state index >= 15 is 0 Å². The molecule has 1 saturated carbocycles. The first-order valence-corrected chi connectivity index (χ1v) is 10.8. The number of alkyl halides is 3. The number of hydrogen-bond donors (Lipinski definition) is 0. The largest absolute Gasteiger partial charge is 0.489 e. The van der Waals surface area contributed by atoms with Crippen LogP contribution in [0.15, 0.2) is 16.7 Å². The molecule has 1 saturated heterocycles. The number of aromatic nitrogens is 1. The van der Waals surface area contributed by atoms with Crippen molar-refractivity contribution in [2.45, 2.75) is 82.9 Å². The standard InChI is InChI=1S/C20H28BrF3N2O2/c1-13-18(7-8-19(21)25-13)28-16-5-3-15(4-6-16)27-17-9-11-26(12-10-17)14(2)20(22,23)24/h7-8,14-17H,3-6,9-12H2,1-2H3. The summed E-state index contributed by atoms with van der Waals surface area (Å²) in [6.07, 6.45) is 1.28. The summed E-state index contributed by atoms with van der Waals surface area (Å²) in [5.41, 5.74) is 0.868. The van der Waals surface area contributed by atoms with Crippen molar-refractivity contribution >= 4 is 15.9 Å². The Labute approximate surface area is 172 Å². The Morgan fingerprint density at radius 1 is 1.04 bits per heavy atom. The monoisotopic (exact) mass is 464 g/mol. The van der Waals surface area contributed by atoms with Crippen LogP contribution in [0.5, 0.6) is 5.75 Å². The van der Waals surface area contributed by atoms with Crippen LogP contribution >= 0.6 is 15.9 Å². The van der Waals surface area contributed by atoms with Gasteiger partial charge in [-0.1, -0.05) is 0 Å². The zero-order valence-corrected chi connectivity index (χ0v) is 17.9. The predicted octanol–water partition coefficient (Wildman–Crippen LogP) is 5.27. The molecule has 4 nitrogen and oxygen atoms in total. The Bertz CT molecular complexity index is 643. The van der Waals surface area contributed by atoms with Crippen LogP contribution in [0, 0.1) is 6.92 Å². The molecule has 3 rings (SSSR count). The fraction of sp³-hybridized carbons (Fsp3) is 0.750. The van der Waals surface area contributed by atoms with Gasteiger partial charge in [0.25, 0.3) is 0 Å².